The Balaban J connectivity index is 1.54. The van der Waals surface area contributed by atoms with Crippen molar-refractivity contribution in [2.75, 3.05) is 18.0 Å². The van der Waals surface area contributed by atoms with Gasteiger partial charge in [0.2, 0.25) is 0 Å². The summed E-state index contributed by atoms with van der Waals surface area (Å²) in [5.74, 6) is 0.900. The Morgan fingerprint density at radius 1 is 0.913 bits per heavy atom. The Morgan fingerprint density at radius 3 is 2.57 bits per heavy atom. The highest BCUT2D eigenvalue weighted by Crippen LogP contribution is 2.26. The Labute approximate surface area is 135 Å². The maximum atomic E-state index is 5.90. The molecule has 0 atom stereocenters. The number of aliphatic imine (C=N–C) groups is 1. The molecule has 3 heteroatoms. The fraction of sp³-hybridized carbons (Fsp3) is 0.150. The number of benzene rings is 3. The van der Waals surface area contributed by atoms with E-state index >= 15 is 0 Å². The van der Waals surface area contributed by atoms with Crippen molar-refractivity contribution in [1.29, 1.82) is 0 Å². The second-order valence-corrected chi connectivity index (χ2v) is 5.68. The van der Waals surface area contributed by atoms with Crippen LogP contribution in [0.1, 0.15) is 5.56 Å². The van der Waals surface area contributed by atoms with Gasteiger partial charge in [-0.2, -0.15) is 0 Å². The first kappa shape index (κ1) is 13.8. The van der Waals surface area contributed by atoms with E-state index in [2.05, 4.69) is 52.4 Å². The van der Waals surface area contributed by atoms with Crippen molar-refractivity contribution in [2.45, 2.75) is 6.61 Å². The average molecular weight is 302 g/mol. The normalized spacial score (nSPS) is 13.7. The van der Waals surface area contributed by atoms with Gasteiger partial charge in [-0.15, -0.1) is 0 Å². The van der Waals surface area contributed by atoms with Crippen molar-refractivity contribution >= 4 is 22.8 Å². The molecule has 0 spiro atoms. The second-order valence-electron chi connectivity index (χ2n) is 5.68. The minimum atomic E-state index is 0.592. The standard InChI is InChI=1S/C20H18N2O/c1-2-4-16(5-3-1)14-23-20-9-7-17-12-19(8-6-18(17)13-20)22-11-10-21-15-22/h1-9,12-13,15H,10-11,14H2. The second kappa shape index (κ2) is 6.13. The third-order valence-electron chi connectivity index (χ3n) is 4.07. The molecule has 0 fully saturated rings. The molecule has 0 unspecified atom stereocenters. The largest absolute Gasteiger partial charge is 0.489 e. The van der Waals surface area contributed by atoms with Crippen molar-refractivity contribution in [1.82, 2.24) is 0 Å². The van der Waals surface area contributed by atoms with Gasteiger partial charge in [-0.25, -0.2) is 0 Å². The molecule has 3 nitrogen and oxygen atoms in total. The lowest BCUT2D eigenvalue weighted by atomic mass is 10.1. The first-order chi connectivity index (χ1) is 11.4. The van der Waals surface area contributed by atoms with E-state index in [-0.39, 0.29) is 0 Å². The van der Waals surface area contributed by atoms with Gasteiger partial charge in [0.15, 0.2) is 0 Å². The number of hydrogen-bond acceptors (Lipinski definition) is 3. The molecule has 1 heterocycles. The summed E-state index contributed by atoms with van der Waals surface area (Å²) in [6, 6.07) is 23.0. The third kappa shape index (κ3) is 3.04. The highest BCUT2D eigenvalue weighted by atomic mass is 16.5. The number of hydrogen-bond donors (Lipinski definition) is 0. The fourth-order valence-electron chi connectivity index (χ4n) is 2.80. The van der Waals surface area contributed by atoms with Gasteiger partial charge >= 0.3 is 0 Å². The summed E-state index contributed by atoms with van der Waals surface area (Å²) in [6.45, 7) is 2.43. The van der Waals surface area contributed by atoms with Crippen molar-refractivity contribution in [3.05, 3.63) is 72.3 Å². The molecule has 0 saturated heterocycles. The first-order valence-electron chi connectivity index (χ1n) is 7.86. The Bertz CT molecular complexity index is 843. The third-order valence-corrected chi connectivity index (χ3v) is 4.07. The van der Waals surface area contributed by atoms with Gasteiger partial charge in [-0.1, -0.05) is 42.5 Å². The summed E-state index contributed by atoms with van der Waals surface area (Å²) >= 11 is 0. The van der Waals surface area contributed by atoms with Crippen LogP contribution in [0.15, 0.2) is 71.7 Å². The van der Waals surface area contributed by atoms with Crippen LogP contribution in [0.3, 0.4) is 0 Å². The van der Waals surface area contributed by atoms with E-state index in [0.29, 0.717) is 6.61 Å². The molecule has 3 aromatic rings. The van der Waals surface area contributed by atoms with Crippen LogP contribution < -0.4 is 9.64 Å². The zero-order valence-electron chi connectivity index (χ0n) is 12.9. The predicted molar refractivity (Wildman–Crippen MR) is 95.4 cm³/mol. The zero-order chi connectivity index (χ0) is 15.5. The van der Waals surface area contributed by atoms with Crippen LogP contribution in [0.25, 0.3) is 10.8 Å². The van der Waals surface area contributed by atoms with Crippen LogP contribution in [0.2, 0.25) is 0 Å². The molecule has 4 rings (SSSR count). The number of anilines is 1. The van der Waals surface area contributed by atoms with E-state index in [9.17, 15) is 0 Å². The summed E-state index contributed by atoms with van der Waals surface area (Å²) in [7, 11) is 0. The molecule has 23 heavy (non-hydrogen) atoms. The molecule has 3 aromatic carbocycles. The van der Waals surface area contributed by atoms with Gasteiger partial charge in [-0.3, -0.25) is 4.99 Å². The highest BCUT2D eigenvalue weighted by Gasteiger charge is 2.08. The zero-order valence-corrected chi connectivity index (χ0v) is 12.9. The first-order valence-corrected chi connectivity index (χ1v) is 7.86. The molecule has 0 amide bonds. The molecule has 0 N–H and O–H groups in total. The Kier molecular flexibility index (Phi) is 3.68. The van der Waals surface area contributed by atoms with E-state index in [4.69, 9.17) is 4.74 Å². The number of fused-ring (bicyclic) bond motifs is 1. The van der Waals surface area contributed by atoms with Crippen LogP contribution in [-0.4, -0.2) is 19.4 Å². The monoisotopic (exact) mass is 302 g/mol. The summed E-state index contributed by atoms with van der Waals surface area (Å²) < 4.78 is 5.90. The van der Waals surface area contributed by atoms with E-state index < -0.39 is 0 Å². The fourth-order valence-corrected chi connectivity index (χ4v) is 2.80. The summed E-state index contributed by atoms with van der Waals surface area (Å²) in [4.78, 5) is 6.45. The molecule has 114 valence electrons. The van der Waals surface area contributed by atoms with Gasteiger partial charge in [0.1, 0.15) is 12.4 Å². The smallest absolute Gasteiger partial charge is 0.120 e. The molecule has 0 aromatic heterocycles. The lowest BCUT2D eigenvalue weighted by Gasteiger charge is -2.15. The number of nitrogens with zero attached hydrogens (tertiary/aromatic N) is 2. The minimum absolute atomic E-state index is 0.592. The van der Waals surface area contributed by atoms with E-state index in [1.165, 1.54) is 22.0 Å². The SMILES string of the molecule is C1=NCCN1c1ccc2cc(OCc3ccccc3)ccc2c1. The maximum Gasteiger partial charge on any atom is 0.120 e. The molecular weight excluding hydrogens is 284 g/mol. The van der Waals surface area contributed by atoms with Crippen molar-refractivity contribution in [3.8, 4) is 5.75 Å². The van der Waals surface area contributed by atoms with E-state index in [1.54, 1.807) is 0 Å². The van der Waals surface area contributed by atoms with Crippen molar-refractivity contribution in [2.24, 2.45) is 4.99 Å². The summed E-state index contributed by atoms with van der Waals surface area (Å²) in [6.07, 6.45) is 1.92. The molecule has 0 aliphatic carbocycles. The molecule has 1 aliphatic rings. The van der Waals surface area contributed by atoms with Crippen LogP contribution in [0, 0.1) is 0 Å². The van der Waals surface area contributed by atoms with Crippen molar-refractivity contribution in [3.63, 3.8) is 0 Å². The van der Waals surface area contributed by atoms with Crippen LogP contribution in [-0.2, 0) is 6.61 Å². The molecule has 1 aliphatic heterocycles. The number of rotatable bonds is 4. The van der Waals surface area contributed by atoms with Gasteiger partial charge in [0, 0.05) is 12.2 Å². The quantitative estimate of drug-likeness (QED) is 0.719. The van der Waals surface area contributed by atoms with Gasteiger partial charge < -0.3 is 9.64 Å². The maximum absolute atomic E-state index is 5.90. The number of ether oxygens (including phenoxy) is 1. The summed E-state index contributed by atoms with van der Waals surface area (Å²) in [5, 5.41) is 2.41. The van der Waals surface area contributed by atoms with E-state index in [0.717, 1.165) is 18.8 Å². The topological polar surface area (TPSA) is 24.8 Å². The Morgan fingerprint density at radius 2 is 1.74 bits per heavy atom. The lowest BCUT2D eigenvalue weighted by Crippen LogP contribution is -2.17. The molecule has 0 radical (unpaired) electrons. The summed E-state index contributed by atoms with van der Waals surface area (Å²) in [5.41, 5.74) is 2.37. The minimum Gasteiger partial charge on any atom is -0.489 e. The lowest BCUT2D eigenvalue weighted by molar-refractivity contribution is 0.306. The van der Waals surface area contributed by atoms with Crippen LogP contribution in [0.4, 0.5) is 5.69 Å². The van der Waals surface area contributed by atoms with Crippen molar-refractivity contribution < 1.29 is 4.74 Å². The molecular formula is C20H18N2O. The van der Waals surface area contributed by atoms with Crippen LogP contribution in [0.5, 0.6) is 5.75 Å². The Hall–Kier alpha value is -2.81. The van der Waals surface area contributed by atoms with Gasteiger partial charge in [0.25, 0.3) is 0 Å². The molecule has 0 saturated carbocycles. The highest BCUT2D eigenvalue weighted by molar-refractivity contribution is 5.90. The predicted octanol–water partition coefficient (Wildman–Crippen LogP) is 4.27. The van der Waals surface area contributed by atoms with E-state index in [1.807, 2.05) is 30.6 Å². The van der Waals surface area contributed by atoms with Crippen LogP contribution >= 0.6 is 0 Å². The molecule has 0 bridgehead atoms. The van der Waals surface area contributed by atoms with Gasteiger partial charge in [0.05, 0.1) is 12.9 Å². The van der Waals surface area contributed by atoms with Gasteiger partial charge in [-0.05, 0) is 40.6 Å². The average Bonchev–Trinajstić information content (AvgIpc) is 3.15.